The minimum atomic E-state index is -0.599. The number of carbonyl (C=O) groups excluding carboxylic acids is 2. The first-order valence-corrected chi connectivity index (χ1v) is 12.8. The van der Waals surface area contributed by atoms with E-state index in [9.17, 15) is 9.59 Å². The molecule has 7 nitrogen and oxygen atoms in total. The van der Waals surface area contributed by atoms with Crippen molar-refractivity contribution in [3.63, 3.8) is 0 Å². The van der Waals surface area contributed by atoms with Crippen molar-refractivity contribution >= 4 is 11.8 Å². The van der Waals surface area contributed by atoms with Gasteiger partial charge in [-0.25, -0.2) is 0 Å². The second-order valence-electron chi connectivity index (χ2n) is 11.3. The Morgan fingerprint density at radius 3 is 2.26 bits per heavy atom. The van der Waals surface area contributed by atoms with Crippen molar-refractivity contribution in [1.29, 1.82) is 0 Å². The number of hydrazine groups is 1. The molecule has 0 aromatic rings. The average Bonchev–Trinajstić information content (AvgIpc) is 3.43. The molecular weight excluding hydrogens is 390 g/mol. The van der Waals surface area contributed by atoms with Crippen LogP contribution in [0.1, 0.15) is 65.2 Å². The molecule has 5 rings (SSSR count). The lowest BCUT2D eigenvalue weighted by molar-refractivity contribution is -0.145. The van der Waals surface area contributed by atoms with Crippen LogP contribution in [0.15, 0.2) is 0 Å². The summed E-state index contributed by atoms with van der Waals surface area (Å²) in [6.07, 6.45) is 9.00. The largest absolute Gasteiger partial charge is 0.339 e. The second kappa shape index (κ2) is 8.31. The zero-order valence-corrected chi connectivity index (χ0v) is 19.3. The summed E-state index contributed by atoms with van der Waals surface area (Å²) in [5.74, 6) is 3.24. The molecule has 3 aliphatic carbocycles. The molecule has 2 amide bonds. The van der Waals surface area contributed by atoms with Crippen molar-refractivity contribution in [3.8, 4) is 0 Å². The molecule has 0 aromatic heterocycles. The van der Waals surface area contributed by atoms with E-state index in [0.29, 0.717) is 50.1 Å². The molecular formula is C24H41N5O2. The number of carbonyl (C=O) groups is 2. The molecule has 7 heteroatoms. The summed E-state index contributed by atoms with van der Waals surface area (Å²) in [5, 5.41) is 0. The lowest BCUT2D eigenvalue weighted by Crippen LogP contribution is -2.56. The molecule has 7 atom stereocenters. The topological polar surface area (TPSA) is 90.7 Å². The highest BCUT2D eigenvalue weighted by molar-refractivity contribution is 5.89. The molecule has 0 spiro atoms. The number of nitrogens with two attached hydrogens (primary N) is 1. The van der Waals surface area contributed by atoms with Gasteiger partial charge in [-0.2, -0.15) is 0 Å². The Morgan fingerprint density at radius 2 is 1.58 bits per heavy atom. The van der Waals surface area contributed by atoms with Crippen LogP contribution in [0, 0.1) is 29.6 Å². The van der Waals surface area contributed by atoms with Crippen LogP contribution in [0.5, 0.6) is 0 Å². The van der Waals surface area contributed by atoms with Crippen LogP contribution in [-0.4, -0.2) is 65.4 Å². The summed E-state index contributed by atoms with van der Waals surface area (Å²) in [7, 11) is 0. The van der Waals surface area contributed by atoms with E-state index in [4.69, 9.17) is 5.73 Å². The normalized spacial score (nSPS) is 42.2. The summed E-state index contributed by atoms with van der Waals surface area (Å²) in [6, 6.07) is 1.18. The van der Waals surface area contributed by atoms with Crippen molar-refractivity contribution in [1.82, 2.24) is 20.7 Å². The third kappa shape index (κ3) is 4.02. The van der Waals surface area contributed by atoms with Crippen molar-refractivity contribution < 1.29 is 9.59 Å². The quantitative estimate of drug-likeness (QED) is 0.630. The Balaban J connectivity index is 1.14. The van der Waals surface area contributed by atoms with E-state index in [-0.39, 0.29) is 11.8 Å². The molecule has 2 heterocycles. The molecule has 2 aliphatic heterocycles. The minimum Gasteiger partial charge on any atom is -0.339 e. The van der Waals surface area contributed by atoms with Crippen molar-refractivity contribution in [2.45, 2.75) is 82.8 Å². The smallest absolute Gasteiger partial charge is 0.242 e. The Labute approximate surface area is 186 Å². The van der Waals surface area contributed by atoms with E-state index < -0.39 is 5.54 Å². The van der Waals surface area contributed by atoms with Gasteiger partial charge in [0.2, 0.25) is 11.8 Å². The van der Waals surface area contributed by atoms with Crippen LogP contribution in [0.3, 0.4) is 0 Å². The van der Waals surface area contributed by atoms with Crippen LogP contribution in [-0.2, 0) is 9.59 Å². The number of nitrogens with zero attached hydrogens (tertiary/aromatic N) is 2. The second-order valence-corrected chi connectivity index (χ2v) is 11.3. The van der Waals surface area contributed by atoms with E-state index in [0.717, 1.165) is 37.0 Å². The molecule has 4 N–H and O–H groups in total. The first kappa shape index (κ1) is 21.7. The molecule has 3 saturated carbocycles. The van der Waals surface area contributed by atoms with Crippen molar-refractivity contribution in [3.05, 3.63) is 0 Å². The summed E-state index contributed by atoms with van der Waals surface area (Å²) >= 11 is 0. The van der Waals surface area contributed by atoms with Gasteiger partial charge in [0.25, 0.3) is 0 Å². The predicted octanol–water partition coefficient (Wildman–Crippen LogP) is 1.48. The van der Waals surface area contributed by atoms with Gasteiger partial charge in [0, 0.05) is 44.2 Å². The maximum absolute atomic E-state index is 13.3. The minimum absolute atomic E-state index is 0.0867. The maximum Gasteiger partial charge on any atom is 0.242 e. The first-order chi connectivity index (χ1) is 14.9. The van der Waals surface area contributed by atoms with Gasteiger partial charge in [-0.1, -0.05) is 13.3 Å². The molecule has 0 aromatic carbocycles. The molecule has 0 radical (unpaired) electrons. The third-order valence-corrected chi connectivity index (χ3v) is 9.34. The Hall–Kier alpha value is -1.18. The molecule has 7 unspecified atom stereocenters. The fourth-order valence-corrected chi connectivity index (χ4v) is 7.13. The Kier molecular flexibility index (Phi) is 5.80. The van der Waals surface area contributed by atoms with Crippen LogP contribution < -0.4 is 16.6 Å². The van der Waals surface area contributed by atoms with Gasteiger partial charge < -0.3 is 15.5 Å². The van der Waals surface area contributed by atoms with Crippen LogP contribution in [0.25, 0.3) is 0 Å². The fraction of sp³-hybridized carbons (Fsp3) is 0.917. The zero-order chi connectivity index (χ0) is 21.8. The standard InChI is InChI=1S/C24H41N5O2/c1-15-14-17(20-5-3-4-19-16(2)26-27-21(19)20)6-7-18(15)22(30)28-10-12-29(13-11-28)23(31)24(25)8-9-24/h15-21,26-27H,3-14,25H2,1-2H3. The maximum atomic E-state index is 13.3. The van der Waals surface area contributed by atoms with Gasteiger partial charge in [0.15, 0.2) is 0 Å². The third-order valence-electron chi connectivity index (χ3n) is 9.34. The van der Waals surface area contributed by atoms with E-state index in [2.05, 4.69) is 24.7 Å². The Bertz CT molecular complexity index is 702. The number of rotatable bonds is 3. The highest BCUT2D eigenvalue weighted by Gasteiger charge is 2.49. The number of nitrogens with one attached hydrogen (secondary N) is 2. The first-order valence-electron chi connectivity index (χ1n) is 12.8. The molecule has 31 heavy (non-hydrogen) atoms. The van der Waals surface area contributed by atoms with Gasteiger partial charge in [-0.3, -0.25) is 20.4 Å². The zero-order valence-electron chi connectivity index (χ0n) is 19.3. The van der Waals surface area contributed by atoms with E-state index in [1.807, 2.05) is 9.80 Å². The monoisotopic (exact) mass is 431 g/mol. The lowest BCUT2D eigenvalue weighted by atomic mass is 9.63. The van der Waals surface area contributed by atoms with Crippen LogP contribution in [0.2, 0.25) is 0 Å². The van der Waals surface area contributed by atoms with Crippen LogP contribution >= 0.6 is 0 Å². The summed E-state index contributed by atoms with van der Waals surface area (Å²) in [5.41, 5.74) is 12.6. The van der Waals surface area contributed by atoms with Gasteiger partial charge in [-0.05, 0) is 75.5 Å². The predicted molar refractivity (Wildman–Crippen MR) is 120 cm³/mol. The number of piperazine rings is 1. The fourth-order valence-electron chi connectivity index (χ4n) is 7.13. The van der Waals surface area contributed by atoms with E-state index >= 15 is 0 Å². The van der Waals surface area contributed by atoms with E-state index in [1.54, 1.807) is 0 Å². The molecule has 174 valence electrons. The molecule has 0 bridgehead atoms. The summed E-state index contributed by atoms with van der Waals surface area (Å²) in [4.78, 5) is 29.7. The summed E-state index contributed by atoms with van der Waals surface area (Å²) in [6.45, 7) is 7.19. The van der Waals surface area contributed by atoms with Gasteiger partial charge >= 0.3 is 0 Å². The highest BCUT2D eigenvalue weighted by atomic mass is 16.2. The summed E-state index contributed by atoms with van der Waals surface area (Å²) < 4.78 is 0. The number of fused-ring (bicyclic) bond motifs is 1. The van der Waals surface area contributed by atoms with Gasteiger partial charge in [0.1, 0.15) is 0 Å². The van der Waals surface area contributed by atoms with Crippen molar-refractivity contribution in [2.75, 3.05) is 26.2 Å². The highest BCUT2D eigenvalue weighted by Crippen LogP contribution is 2.45. The van der Waals surface area contributed by atoms with Crippen molar-refractivity contribution in [2.24, 2.45) is 35.3 Å². The lowest BCUT2D eigenvalue weighted by Gasteiger charge is -2.44. The Morgan fingerprint density at radius 1 is 0.903 bits per heavy atom. The average molecular weight is 432 g/mol. The van der Waals surface area contributed by atoms with Crippen LogP contribution in [0.4, 0.5) is 0 Å². The number of hydrogen-bond donors (Lipinski definition) is 3. The number of hydrogen-bond acceptors (Lipinski definition) is 5. The number of amides is 2. The molecule has 5 aliphatic rings. The van der Waals surface area contributed by atoms with Gasteiger partial charge in [0.05, 0.1) is 5.54 Å². The van der Waals surface area contributed by atoms with Gasteiger partial charge in [-0.15, -0.1) is 0 Å². The molecule has 5 fully saturated rings. The SMILES string of the molecule is CC1CC(C2CCCC3C(C)NNC23)CCC1C(=O)N1CCN(C(=O)C2(N)CC2)CC1. The van der Waals surface area contributed by atoms with E-state index in [1.165, 1.54) is 32.1 Å². The molecule has 2 saturated heterocycles.